The molecule has 0 saturated carbocycles. The van der Waals surface area contributed by atoms with Gasteiger partial charge in [0.05, 0.1) is 6.26 Å². The van der Waals surface area contributed by atoms with Gasteiger partial charge in [-0.3, -0.25) is 9.29 Å². The lowest BCUT2D eigenvalue weighted by atomic mass is 10.3. The molecule has 96 valence electrons. The zero-order valence-electron chi connectivity index (χ0n) is 9.26. The molecule has 1 N–H and O–H groups in total. The highest BCUT2D eigenvalue weighted by atomic mass is 35.5. The summed E-state index contributed by atoms with van der Waals surface area (Å²) in [5.41, 5.74) is 1.21. The van der Waals surface area contributed by atoms with Gasteiger partial charge in [-0.05, 0) is 24.3 Å². The van der Waals surface area contributed by atoms with E-state index in [0.717, 1.165) is 11.9 Å². The molecule has 0 atom stereocenters. The Balaban J connectivity index is 2.31. The molecule has 0 radical (unpaired) electrons. The maximum atomic E-state index is 11.0. The summed E-state index contributed by atoms with van der Waals surface area (Å²) < 4.78 is 26.1. The molecule has 0 aliphatic carbocycles. The molecule has 1 heterocycles. The summed E-state index contributed by atoms with van der Waals surface area (Å²) >= 11 is 11.7. The first kappa shape index (κ1) is 13.2. The Kier molecular flexibility index (Phi) is 3.52. The van der Waals surface area contributed by atoms with Crippen molar-refractivity contribution in [1.29, 1.82) is 0 Å². The lowest BCUT2D eigenvalue weighted by Gasteiger charge is -2.06. The van der Waals surface area contributed by atoms with Crippen LogP contribution in [0.25, 0.3) is 5.69 Å². The monoisotopic (exact) mass is 305 g/mol. The van der Waals surface area contributed by atoms with Crippen molar-refractivity contribution in [3.63, 3.8) is 0 Å². The molecule has 5 nitrogen and oxygen atoms in total. The summed E-state index contributed by atoms with van der Waals surface area (Å²) in [7, 11) is -3.28. The van der Waals surface area contributed by atoms with Crippen molar-refractivity contribution in [3.05, 3.63) is 40.9 Å². The van der Waals surface area contributed by atoms with Crippen LogP contribution in [0.2, 0.25) is 10.3 Å². The molecule has 0 saturated heterocycles. The number of nitrogens with one attached hydrogen (secondary N) is 1. The smallest absolute Gasteiger partial charge is 0.229 e. The third-order valence-corrected chi connectivity index (χ3v) is 3.46. The van der Waals surface area contributed by atoms with E-state index >= 15 is 0 Å². The first-order valence-electron chi connectivity index (χ1n) is 4.83. The van der Waals surface area contributed by atoms with Crippen molar-refractivity contribution in [2.45, 2.75) is 0 Å². The van der Waals surface area contributed by atoms with Gasteiger partial charge in [0.1, 0.15) is 6.33 Å². The SMILES string of the molecule is CS(=O)(=O)Nc1ccc(-n2cnc(Cl)c2Cl)cc1. The maximum Gasteiger partial charge on any atom is 0.229 e. The van der Waals surface area contributed by atoms with Crippen molar-refractivity contribution in [2.24, 2.45) is 0 Å². The van der Waals surface area contributed by atoms with Gasteiger partial charge in [-0.15, -0.1) is 0 Å². The van der Waals surface area contributed by atoms with Crippen molar-refractivity contribution < 1.29 is 8.42 Å². The third kappa shape index (κ3) is 2.95. The van der Waals surface area contributed by atoms with Gasteiger partial charge in [-0.25, -0.2) is 13.4 Å². The average molecular weight is 306 g/mol. The molecular formula is C10H9Cl2N3O2S. The molecule has 1 aromatic heterocycles. The van der Waals surface area contributed by atoms with Crippen molar-refractivity contribution in [1.82, 2.24) is 9.55 Å². The minimum absolute atomic E-state index is 0.218. The van der Waals surface area contributed by atoms with Gasteiger partial charge in [0.25, 0.3) is 0 Å². The number of imidazole rings is 1. The predicted molar refractivity (Wildman–Crippen MR) is 72.1 cm³/mol. The summed E-state index contributed by atoms with van der Waals surface area (Å²) in [6, 6.07) is 6.66. The number of anilines is 1. The number of benzene rings is 1. The number of hydrogen-bond donors (Lipinski definition) is 1. The third-order valence-electron chi connectivity index (χ3n) is 2.12. The van der Waals surface area contributed by atoms with E-state index in [9.17, 15) is 8.42 Å². The minimum Gasteiger partial charge on any atom is -0.288 e. The van der Waals surface area contributed by atoms with Crippen LogP contribution in [0.4, 0.5) is 5.69 Å². The summed E-state index contributed by atoms with van der Waals surface area (Å²) in [4.78, 5) is 3.86. The number of hydrogen-bond acceptors (Lipinski definition) is 3. The Labute approximate surface area is 114 Å². The second-order valence-corrected chi connectivity index (χ2v) is 6.08. The van der Waals surface area contributed by atoms with E-state index in [4.69, 9.17) is 23.2 Å². The van der Waals surface area contributed by atoms with Gasteiger partial charge >= 0.3 is 0 Å². The molecular weight excluding hydrogens is 297 g/mol. The van der Waals surface area contributed by atoms with Crippen LogP contribution in [-0.4, -0.2) is 24.2 Å². The Bertz CT molecular complexity index is 665. The number of rotatable bonds is 3. The van der Waals surface area contributed by atoms with Crippen LogP contribution >= 0.6 is 23.2 Å². The van der Waals surface area contributed by atoms with Crippen molar-refractivity contribution in [3.8, 4) is 5.69 Å². The van der Waals surface area contributed by atoms with Crippen LogP contribution in [0.1, 0.15) is 0 Å². The summed E-state index contributed by atoms with van der Waals surface area (Å²) in [6.45, 7) is 0. The fourth-order valence-electron chi connectivity index (χ4n) is 1.40. The molecule has 0 unspecified atom stereocenters. The summed E-state index contributed by atoms with van der Waals surface area (Å²) in [5, 5.41) is 0.524. The number of nitrogens with zero attached hydrogens (tertiary/aromatic N) is 2. The number of aromatic nitrogens is 2. The molecule has 0 aliphatic heterocycles. The first-order chi connectivity index (χ1) is 8.37. The number of sulfonamides is 1. The summed E-state index contributed by atoms with van der Waals surface area (Å²) in [5.74, 6) is 0. The van der Waals surface area contributed by atoms with Crippen LogP contribution in [0, 0.1) is 0 Å². The normalized spacial score (nSPS) is 11.5. The van der Waals surface area contributed by atoms with Gasteiger partial charge in [0, 0.05) is 11.4 Å². The minimum atomic E-state index is -3.28. The van der Waals surface area contributed by atoms with Gasteiger partial charge in [0.2, 0.25) is 10.0 Å². The average Bonchev–Trinajstić information content (AvgIpc) is 2.59. The van der Waals surface area contributed by atoms with E-state index in [-0.39, 0.29) is 5.15 Å². The molecule has 1 aromatic carbocycles. The maximum absolute atomic E-state index is 11.0. The van der Waals surface area contributed by atoms with Gasteiger partial charge in [-0.1, -0.05) is 23.2 Å². The Morgan fingerprint density at radius 3 is 2.28 bits per heavy atom. The fourth-order valence-corrected chi connectivity index (χ4v) is 2.28. The zero-order chi connectivity index (χ0) is 13.3. The van der Waals surface area contributed by atoms with Crippen molar-refractivity contribution in [2.75, 3.05) is 11.0 Å². The molecule has 0 bridgehead atoms. The van der Waals surface area contributed by atoms with Crippen LogP contribution in [-0.2, 0) is 10.0 Å². The van der Waals surface area contributed by atoms with Gasteiger partial charge in [0.15, 0.2) is 10.3 Å². The molecule has 18 heavy (non-hydrogen) atoms. The van der Waals surface area contributed by atoms with E-state index in [1.807, 2.05) is 0 Å². The van der Waals surface area contributed by atoms with Crippen molar-refractivity contribution >= 4 is 38.9 Å². The standard InChI is InChI=1S/C10H9Cl2N3O2S/c1-18(16,17)14-7-2-4-8(5-3-7)15-6-13-9(11)10(15)12/h2-6,14H,1H3. The first-order valence-corrected chi connectivity index (χ1v) is 7.48. The molecule has 2 rings (SSSR count). The molecule has 8 heteroatoms. The van der Waals surface area contributed by atoms with Gasteiger partial charge < -0.3 is 0 Å². The molecule has 0 fully saturated rings. The zero-order valence-corrected chi connectivity index (χ0v) is 11.6. The van der Waals surface area contributed by atoms with E-state index < -0.39 is 10.0 Å². The molecule has 0 amide bonds. The Morgan fingerprint density at radius 2 is 1.83 bits per heavy atom. The fraction of sp³-hybridized carbons (Fsp3) is 0.100. The predicted octanol–water partition coefficient (Wildman–Crippen LogP) is 2.55. The van der Waals surface area contributed by atoms with Gasteiger partial charge in [-0.2, -0.15) is 0 Å². The van der Waals surface area contributed by atoms with E-state index in [0.29, 0.717) is 10.8 Å². The largest absolute Gasteiger partial charge is 0.288 e. The lowest BCUT2D eigenvalue weighted by molar-refractivity contribution is 0.607. The Morgan fingerprint density at radius 1 is 1.22 bits per heavy atom. The highest BCUT2D eigenvalue weighted by Gasteiger charge is 2.08. The quantitative estimate of drug-likeness (QED) is 0.948. The molecule has 0 aliphatic rings. The topological polar surface area (TPSA) is 64.0 Å². The second kappa shape index (κ2) is 4.79. The van der Waals surface area contributed by atoms with Crippen LogP contribution in [0.5, 0.6) is 0 Å². The Hall–Kier alpha value is -1.24. The van der Waals surface area contributed by atoms with Crippen LogP contribution < -0.4 is 4.72 Å². The van der Waals surface area contributed by atoms with Crippen LogP contribution in [0.3, 0.4) is 0 Å². The molecule has 2 aromatic rings. The lowest BCUT2D eigenvalue weighted by Crippen LogP contribution is -2.09. The molecule has 0 spiro atoms. The second-order valence-electron chi connectivity index (χ2n) is 3.62. The van der Waals surface area contributed by atoms with E-state index in [2.05, 4.69) is 9.71 Å². The summed E-state index contributed by atoms with van der Waals surface area (Å²) in [6.07, 6.45) is 2.58. The van der Waals surface area contributed by atoms with E-state index in [1.165, 1.54) is 6.33 Å². The van der Waals surface area contributed by atoms with Crippen LogP contribution in [0.15, 0.2) is 30.6 Å². The van der Waals surface area contributed by atoms with E-state index in [1.54, 1.807) is 28.8 Å². The highest BCUT2D eigenvalue weighted by Crippen LogP contribution is 2.24. The number of halogens is 2. The highest BCUT2D eigenvalue weighted by molar-refractivity contribution is 7.92.